The highest BCUT2D eigenvalue weighted by Gasteiger charge is 2.67. The number of quaternary nitrogens is 1. The summed E-state index contributed by atoms with van der Waals surface area (Å²) in [6.07, 6.45) is -0.639. The molecule has 0 aromatic heterocycles. The third-order valence-electron chi connectivity index (χ3n) is 6.94. The molecule has 0 saturated carbocycles. The first-order valence-corrected chi connectivity index (χ1v) is 10.8. The van der Waals surface area contributed by atoms with E-state index in [1.165, 1.54) is 13.2 Å². The van der Waals surface area contributed by atoms with Gasteiger partial charge in [0.25, 0.3) is 12.0 Å². The van der Waals surface area contributed by atoms with Crippen LogP contribution in [0, 0.1) is 5.82 Å². The Labute approximate surface area is 193 Å². The molecule has 2 amide bonds. The zero-order valence-electron chi connectivity index (χ0n) is 19.7. The molecule has 2 N–H and O–H groups in total. The van der Waals surface area contributed by atoms with Crippen LogP contribution in [0.15, 0.2) is 42.5 Å². The van der Waals surface area contributed by atoms with Crippen LogP contribution in [-0.2, 0) is 11.4 Å². The number of hydrogen-bond donors (Lipinski definition) is 1. The van der Waals surface area contributed by atoms with Crippen molar-refractivity contribution in [3.63, 3.8) is 0 Å². The van der Waals surface area contributed by atoms with E-state index in [-0.39, 0.29) is 12.4 Å². The Morgan fingerprint density at radius 1 is 1.21 bits per heavy atom. The Bertz CT molecular complexity index is 1070. The van der Waals surface area contributed by atoms with Gasteiger partial charge in [-0.15, -0.1) is 0 Å². The minimum Gasteiger partial charge on any atom is -0.498 e. The first kappa shape index (κ1) is 24.5. The number of methoxy groups -OCH3 is 1. The average Bonchev–Trinajstić information content (AvgIpc) is 3.08. The number of ether oxygens (including phenoxy) is 2. The molecule has 1 saturated heterocycles. The van der Waals surface area contributed by atoms with Crippen LogP contribution in [-0.4, -0.2) is 34.7 Å². The number of carbonyl (C=O) groups excluding carboxylic acids is 2. The van der Waals surface area contributed by atoms with Crippen molar-refractivity contribution in [1.82, 2.24) is 0 Å². The minimum atomic E-state index is -1.36. The van der Waals surface area contributed by atoms with Gasteiger partial charge < -0.3 is 25.1 Å². The van der Waals surface area contributed by atoms with Gasteiger partial charge in [0.05, 0.1) is 12.6 Å². The van der Waals surface area contributed by atoms with Crippen LogP contribution in [0.3, 0.4) is 0 Å². The van der Waals surface area contributed by atoms with E-state index in [9.17, 15) is 19.1 Å². The molecule has 1 heterocycles. The van der Waals surface area contributed by atoms with Gasteiger partial charge in [-0.2, -0.15) is 0 Å². The summed E-state index contributed by atoms with van der Waals surface area (Å²) >= 11 is 0. The second-order valence-electron chi connectivity index (χ2n) is 9.64. The van der Waals surface area contributed by atoms with E-state index in [0.29, 0.717) is 35.5 Å². The fourth-order valence-electron chi connectivity index (χ4n) is 5.41. The van der Waals surface area contributed by atoms with E-state index in [4.69, 9.17) is 15.2 Å². The molecule has 3 atom stereocenters. The molecule has 0 spiro atoms. The molecule has 1 fully saturated rings. The molecule has 178 valence electrons. The van der Waals surface area contributed by atoms with Crippen molar-refractivity contribution in [3.05, 3.63) is 59.4 Å². The van der Waals surface area contributed by atoms with Crippen LogP contribution in [0.1, 0.15) is 57.7 Å². The Morgan fingerprint density at radius 3 is 2.42 bits per heavy atom. The highest BCUT2D eigenvalue weighted by atomic mass is 19.1. The third kappa shape index (κ3) is 3.82. The zero-order valence-corrected chi connectivity index (χ0v) is 19.7. The first-order valence-electron chi connectivity index (χ1n) is 10.8. The summed E-state index contributed by atoms with van der Waals surface area (Å²) in [6.45, 7) is 6.91. The predicted octanol–water partition coefficient (Wildman–Crippen LogP) is 3.45. The lowest BCUT2D eigenvalue weighted by Gasteiger charge is -2.56. The predicted molar refractivity (Wildman–Crippen MR) is 119 cm³/mol. The number of carboxylic acid groups (broad SMARTS) is 1. The Morgan fingerprint density at radius 2 is 1.88 bits per heavy atom. The molecular weight excluding hydrogens is 427 g/mol. The standard InChI is InChI=1S/C25H31FN2O5/c1-24(2,3)28(23(30)31)19(12-13-25(28,4)22(27)29)16-10-11-20(21(14-16)32-5)33-15-17-8-6-7-9-18(17)26/h6-11,14,19H,12-13,15H2,1-5H3,(H2-,27,29,30,31)/t19-,25+,28?/m1/s1. The van der Waals surface area contributed by atoms with E-state index in [1.807, 2.05) is 0 Å². The van der Waals surface area contributed by atoms with Gasteiger partial charge in [-0.1, -0.05) is 18.2 Å². The summed E-state index contributed by atoms with van der Waals surface area (Å²) in [6, 6.07) is 10.8. The number of nitrogens with zero attached hydrogens (tertiary/aromatic N) is 1. The average molecular weight is 459 g/mol. The number of benzene rings is 2. The fraction of sp³-hybridized carbons (Fsp3) is 0.440. The van der Waals surface area contributed by atoms with Crippen LogP contribution in [0.4, 0.5) is 9.18 Å². The monoisotopic (exact) mass is 458 g/mol. The van der Waals surface area contributed by atoms with E-state index in [2.05, 4.69) is 0 Å². The number of rotatable bonds is 6. The van der Waals surface area contributed by atoms with Gasteiger partial charge in [-0.05, 0) is 45.0 Å². The van der Waals surface area contributed by atoms with Crippen molar-refractivity contribution in [2.24, 2.45) is 5.73 Å². The van der Waals surface area contributed by atoms with E-state index in [1.54, 1.807) is 64.1 Å². The molecule has 1 aliphatic heterocycles. The molecule has 3 rings (SSSR count). The van der Waals surface area contributed by atoms with Crippen molar-refractivity contribution < 1.29 is 33.0 Å². The Hall–Kier alpha value is -3.13. The Balaban J connectivity index is 2.03. The smallest absolute Gasteiger partial charge is 0.279 e. The van der Waals surface area contributed by atoms with Gasteiger partial charge in [-0.25, -0.2) is 4.39 Å². The molecular formula is C25H31FN2O5. The second-order valence-corrected chi connectivity index (χ2v) is 9.64. The van der Waals surface area contributed by atoms with Gasteiger partial charge in [0.1, 0.15) is 18.5 Å². The quantitative estimate of drug-likeness (QED) is 0.668. The van der Waals surface area contributed by atoms with Crippen LogP contribution < -0.4 is 20.3 Å². The summed E-state index contributed by atoms with van der Waals surface area (Å²) in [5, 5.41) is 12.7. The van der Waals surface area contributed by atoms with Crippen molar-refractivity contribution in [3.8, 4) is 11.5 Å². The zero-order chi connectivity index (χ0) is 24.6. The summed E-state index contributed by atoms with van der Waals surface area (Å²) in [5.74, 6) is -0.281. The largest absolute Gasteiger partial charge is 0.498 e. The summed E-state index contributed by atoms with van der Waals surface area (Å²) < 4.78 is 24.6. The van der Waals surface area contributed by atoms with Gasteiger partial charge in [0.2, 0.25) is 0 Å². The fourth-order valence-corrected chi connectivity index (χ4v) is 5.41. The molecule has 1 aliphatic rings. The van der Waals surface area contributed by atoms with E-state index in [0.717, 1.165) is 0 Å². The molecule has 33 heavy (non-hydrogen) atoms. The number of carbonyl (C=O) groups is 2. The number of likely N-dealkylation sites (tertiary alicyclic amines) is 1. The van der Waals surface area contributed by atoms with Crippen LogP contribution in [0.25, 0.3) is 0 Å². The topological polar surface area (TPSA) is 102 Å². The summed E-state index contributed by atoms with van der Waals surface area (Å²) in [4.78, 5) is 25.3. The van der Waals surface area contributed by atoms with Crippen LogP contribution in [0.5, 0.6) is 11.5 Å². The maximum absolute atomic E-state index is 13.9. The molecule has 0 aliphatic carbocycles. The summed E-state index contributed by atoms with van der Waals surface area (Å²) in [7, 11) is 1.47. The van der Waals surface area contributed by atoms with Crippen LogP contribution >= 0.6 is 0 Å². The molecule has 2 aromatic rings. The Kier molecular flexibility index (Phi) is 6.44. The number of nitrogens with two attached hydrogens (primary N) is 1. The van der Waals surface area contributed by atoms with Crippen molar-refractivity contribution in [1.29, 1.82) is 0 Å². The SMILES string of the molecule is COc1cc([C@H]2CC[C@@](C)(C(N)=O)[N+]2(C(=O)[O-])C(C)(C)C)ccc1OCc1ccccc1F. The number of halogens is 1. The number of hydrogen-bond acceptors (Lipinski definition) is 5. The normalized spacial score (nSPS) is 25.0. The van der Waals surface area contributed by atoms with Crippen LogP contribution in [0.2, 0.25) is 0 Å². The van der Waals surface area contributed by atoms with Crippen molar-refractivity contribution in [2.45, 2.75) is 64.3 Å². The lowest BCUT2D eigenvalue weighted by atomic mass is 9.87. The number of primary amides is 1. The van der Waals surface area contributed by atoms with Gasteiger partial charge in [0.15, 0.2) is 17.0 Å². The van der Waals surface area contributed by atoms with Gasteiger partial charge in [0, 0.05) is 30.9 Å². The summed E-state index contributed by atoms with van der Waals surface area (Å²) in [5.41, 5.74) is 4.57. The molecule has 0 radical (unpaired) electrons. The lowest BCUT2D eigenvalue weighted by Crippen LogP contribution is -2.77. The first-order chi connectivity index (χ1) is 15.4. The van der Waals surface area contributed by atoms with Crippen molar-refractivity contribution >= 4 is 12.0 Å². The maximum atomic E-state index is 13.9. The molecule has 2 aromatic carbocycles. The van der Waals surface area contributed by atoms with E-state index >= 15 is 0 Å². The number of amides is 2. The maximum Gasteiger partial charge on any atom is 0.279 e. The van der Waals surface area contributed by atoms with Gasteiger partial charge >= 0.3 is 0 Å². The molecule has 1 unspecified atom stereocenters. The minimum absolute atomic E-state index is 0.00654. The van der Waals surface area contributed by atoms with E-state index < -0.39 is 33.6 Å². The molecule has 8 heteroatoms. The van der Waals surface area contributed by atoms with Crippen molar-refractivity contribution in [2.75, 3.05) is 7.11 Å². The highest BCUT2D eigenvalue weighted by molar-refractivity contribution is 5.85. The highest BCUT2D eigenvalue weighted by Crippen LogP contribution is 2.55. The van der Waals surface area contributed by atoms with Gasteiger partial charge in [-0.3, -0.25) is 9.28 Å². The second kappa shape index (κ2) is 8.67. The molecule has 7 nitrogen and oxygen atoms in total. The molecule has 0 bridgehead atoms. The lowest BCUT2D eigenvalue weighted by molar-refractivity contribution is -0.967. The third-order valence-corrected chi connectivity index (χ3v) is 6.94.